The fourth-order valence-electron chi connectivity index (χ4n) is 3.46. The van der Waals surface area contributed by atoms with Gasteiger partial charge < -0.3 is 15.5 Å². The van der Waals surface area contributed by atoms with Gasteiger partial charge in [-0.2, -0.15) is 0 Å². The Labute approximate surface area is 167 Å². The van der Waals surface area contributed by atoms with E-state index in [9.17, 15) is 15.0 Å². The SMILES string of the molecule is Cc1cc2cccnc2c(O)c1C(Nc1ccccn1)c1ccc(C(=O)O)cc1. The highest BCUT2D eigenvalue weighted by molar-refractivity contribution is 5.88. The number of aromatic nitrogens is 2. The van der Waals surface area contributed by atoms with Gasteiger partial charge in [-0.1, -0.05) is 24.3 Å². The number of aromatic carboxylic acids is 1. The molecule has 6 heteroatoms. The zero-order chi connectivity index (χ0) is 20.4. The van der Waals surface area contributed by atoms with Gasteiger partial charge in [0.15, 0.2) is 0 Å². The summed E-state index contributed by atoms with van der Waals surface area (Å²) < 4.78 is 0. The second-order valence-corrected chi connectivity index (χ2v) is 6.75. The first kappa shape index (κ1) is 18.4. The van der Waals surface area contributed by atoms with E-state index in [-0.39, 0.29) is 11.3 Å². The van der Waals surface area contributed by atoms with Gasteiger partial charge in [-0.3, -0.25) is 4.98 Å². The third kappa shape index (κ3) is 3.60. The number of phenolic OH excluding ortho intramolecular Hbond substituents is 1. The van der Waals surface area contributed by atoms with Crippen molar-refractivity contribution in [2.75, 3.05) is 5.32 Å². The number of phenols is 1. The van der Waals surface area contributed by atoms with Crippen LogP contribution in [0.3, 0.4) is 0 Å². The molecule has 144 valence electrons. The van der Waals surface area contributed by atoms with Crippen molar-refractivity contribution in [3.05, 3.63) is 95.3 Å². The number of nitrogens with zero attached hydrogens (tertiary/aromatic N) is 2. The maximum atomic E-state index is 11.2. The molecule has 0 aliphatic rings. The molecule has 2 aromatic heterocycles. The Hall–Kier alpha value is -3.93. The van der Waals surface area contributed by atoms with E-state index >= 15 is 0 Å². The van der Waals surface area contributed by atoms with E-state index in [0.29, 0.717) is 16.9 Å². The van der Waals surface area contributed by atoms with Crippen molar-refractivity contribution >= 4 is 22.7 Å². The third-order valence-electron chi connectivity index (χ3n) is 4.85. The summed E-state index contributed by atoms with van der Waals surface area (Å²) in [5.74, 6) is -0.254. The molecule has 1 atom stereocenters. The second kappa shape index (κ2) is 7.59. The minimum Gasteiger partial charge on any atom is -0.505 e. The van der Waals surface area contributed by atoms with Crippen LogP contribution in [0.15, 0.2) is 73.1 Å². The first-order valence-corrected chi connectivity index (χ1v) is 9.12. The first-order chi connectivity index (χ1) is 14.0. The average molecular weight is 385 g/mol. The maximum Gasteiger partial charge on any atom is 0.335 e. The number of hydrogen-bond acceptors (Lipinski definition) is 5. The van der Waals surface area contributed by atoms with Gasteiger partial charge in [0.05, 0.1) is 11.6 Å². The molecule has 1 unspecified atom stereocenters. The lowest BCUT2D eigenvalue weighted by Crippen LogP contribution is -2.15. The van der Waals surface area contributed by atoms with Crippen LogP contribution in [0, 0.1) is 6.92 Å². The van der Waals surface area contributed by atoms with Crippen molar-refractivity contribution in [2.45, 2.75) is 13.0 Å². The van der Waals surface area contributed by atoms with Gasteiger partial charge in [-0.05, 0) is 54.4 Å². The Morgan fingerprint density at radius 3 is 2.45 bits per heavy atom. The lowest BCUT2D eigenvalue weighted by atomic mass is 9.92. The van der Waals surface area contributed by atoms with Gasteiger partial charge in [0.2, 0.25) is 0 Å². The van der Waals surface area contributed by atoms with E-state index in [0.717, 1.165) is 16.5 Å². The Balaban J connectivity index is 1.88. The van der Waals surface area contributed by atoms with E-state index in [1.165, 1.54) is 0 Å². The number of aryl methyl sites for hydroxylation is 1. The number of carboxylic acid groups (broad SMARTS) is 1. The van der Waals surface area contributed by atoms with Gasteiger partial charge in [0, 0.05) is 23.3 Å². The Morgan fingerprint density at radius 1 is 1.00 bits per heavy atom. The summed E-state index contributed by atoms with van der Waals surface area (Å²) in [6.45, 7) is 1.93. The minimum atomic E-state index is -0.986. The molecule has 0 spiro atoms. The zero-order valence-electron chi connectivity index (χ0n) is 15.7. The predicted octanol–water partition coefficient (Wildman–Crippen LogP) is 4.54. The molecule has 2 heterocycles. The third-order valence-corrected chi connectivity index (χ3v) is 4.85. The largest absolute Gasteiger partial charge is 0.505 e. The molecule has 0 fully saturated rings. The average Bonchev–Trinajstić information content (AvgIpc) is 2.74. The van der Waals surface area contributed by atoms with Gasteiger partial charge >= 0.3 is 5.97 Å². The van der Waals surface area contributed by atoms with Crippen LogP contribution in [0.4, 0.5) is 5.82 Å². The van der Waals surface area contributed by atoms with Crippen LogP contribution in [0.25, 0.3) is 10.9 Å². The van der Waals surface area contributed by atoms with Crippen LogP contribution in [0.5, 0.6) is 5.75 Å². The maximum absolute atomic E-state index is 11.2. The summed E-state index contributed by atoms with van der Waals surface area (Å²) in [4.78, 5) is 19.9. The van der Waals surface area contributed by atoms with Crippen LogP contribution in [0.2, 0.25) is 0 Å². The predicted molar refractivity (Wildman–Crippen MR) is 111 cm³/mol. The van der Waals surface area contributed by atoms with E-state index in [4.69, 9.17) is 0 Å². The molecule has 0 bridgehead atoms. The molecular formula is C23H19N3O3. The quantitative estimate of drug-likeness (QED) is 0.467. The number of anilines is 1. The Morgan fingerprint density at radius 2 is 1.76 bits per heavy atom. The number of carbonyl (C=O) groups is 1. The summed E-state index contributed by atoms with van der Waals surface area (Å²) in [7, 11) is 0. The van der Waals surface area contributed by atoms with Crippen LogP contribution >= 0.6 is 0 Å². The van der Waals surface area contributed by atoms with E-state index in [1.807, 2.05) is 43.3 Å². The molecule has 2 aromatic carbocycles. The summed E-state index contributed by atoms with van der Waals surface area (Å²) in [5, 5.41) is 24.5. The monoisotopic (exact) mass is 385 g/mol. The molecule has 3 N–H and O–H groups in total. The topological polar surface area (TPSA) is 95.3 Å². The normalized spacial score (nSPS) is 11.9. The van der Waals surface area contributed by atoms with Gasteiger partial charge in [0.25, 0.3) is 0 Å². The summed E-state index contributed by atoms with van der Waals surface area (Å²) in [6, 6.07) is 17.4. The van der Waals surface area contributed by atoms with Crippen LogP contribution in [0.1, 0.15) is 33.1 Å². The molecule has 6 nitrogen and oxygen atoms in total. The molecule has 0 aliphatic heterocycles. The number of pyridine rings is 2. The molecule has 0 amide bonds. The van der Waals surface area contributed by atoms with Crippen molar-refractivity contribution in [3.8, 4) is 5.75 Å². The van der Waals surface area contributed by atoms with E-state index < -0.39 is 12.0 Å². The number of carboxylic acids is 1. The molecule has 0 saturated carbocycles. The van der Waals surface area contributed by atoms with Gasteiger partial charge in [0.1, 0.15) is 17.1 Å². The Bertz CT molecular complexity index is 1180. The molecule has 4 rings (SSSR count). The van der Waals surface area contributed by atoms with Crippen molar-refractivity contribution in [1.29, 1.82) is 0 Å². The smallest absolute Gasteiger partial charge is 0.335 e. The fraction of sp³-hybridized carbons (Fsp3) is 0.0870. The summed E-state index contributed by atoms with van der Waals surface area (Å²) >= 11 is 0. The van der Waals surface area contributed by atoms with Crippen LogP contribution in [-0.4, -0.2) is 26.2 Å². The number of nitrogens with one attached hydrogen (secondary N) is 1. The summed E-state index contributed by atoms with van der Waals surface area (Å²) in [6.07, 6.45) is 3.32. The fourth-order valence-corrected chi connectivity index (χ4v) is 3.46. The lowest BCUT2D eigenvalue weighted by molar-refractivity contribution is 0.0697. The molecular weight excluding hydrogens is 366 g/mol. The molecule has 29 heavy (non-hydrogen) atoms. The van der Waals surface area contributed by atoms with Crippen LogP contribution in [-0.2, 0) is 0 Å². The van der Waals surface area contributed by atoms with E-state index in [2.05, 4.69) is 15.3 Å². The zero-order valence-corrected chi connectivity index (χ0v) is 15.7. The van der Waals surface area contributed by atoms with Gasteiger partial charge in [-0.15, -0.1) is 0 Å². The number of benzene rings is 2. The molecule has 0 aliphatic carbocycles. The number of rotatable bonds is 5. The highest BCUT2D eigenvalue weighted by Crippen LogP contribution is 2.38. The first-order valence-electron chi connectivity index (χ1n) is 9.12. The standard InChI is InChI=1S/C23H19N3O3/c1-14-13-17-5-4-12-25-21(17)22(27)19(14)20(26-18-6-2-3-11-24-18)15-7-9-16(10-8-15)23(28)29/h2-13,20,27H,1H3,(H,24,26)(H,28,29). The van der Waals surface area contributed by atoms with Crippen molar-refractivity contribution in [1.82, 2.24) is 9.97 Å². The van der Waals surface area contributed by atoms with Crippen molar-refractivity contribution in [3.63, 3.8) is 0 Å². The summed E-state index contributed by atoms with van der Waals surface area (Å²) in [5.41, 5.74) is 3.08. The highest BCUT2D eigenvalue weighted by atomic mass is 16.4. The number of fused-ring (bicyclic) bond motifs is 1. The van der Waals surface area contributed by atoms with Crippen LogP contribution < -0.4 is 5.32 Å². The van der Waals surface area contributed by atoms with E-state index in [1.54, 1.807) is 36.7 Å². The second-order valence-electron chi connectivity index (χ2n) is 6.75. The van der Waals surface area contributed by atoms with Crippen molar-refractivity contribution in [2.24, 2.45) is 0 Å². The minimum absolute atomic E-state index is 0.0938. The number of aromatic hydroxyl groups is 1. The molecule has 0 radical (unpaired) electrons. The van der Waals surface area contributed by atoms with Gasteiger partial charge in [-0.25, -0.2) is 9.78 Å². The van der Waals surface area contributed by atoms with Crippen molar-refractivity contribution < 1.29 is 15.0 Å². The lowest BCUT2D eigenvalue weighted by Gasteiger charge is -2.24. The highest BCUT2D eigenvalue weighted by Gasteiger charge is 2.23. The number of hydrogen-bond donors (Lipinski definition) is 3. The molecule has 4 aromatic rings. The Kier molecular flexibility index (Phi) is 4.83. The molecule has 0 saturated heterocycles.